The highest BCUT2D eigenvalue weighted by Crippen LogP contribution is 2.49. The highest BCUT2D eigenvalue weighted by atomic mass is 35.5. The highest BCUT2D eigenvalue weighted by Gasteiger charge is 2.35. The second kappa shape index (κ2) is 19.9. The molecule has 4 N–H and O–H groups in total. The summed E-state index contributed by atoms with van der Waals surface area (Å²) in [7, 11) is 0. The zero-order valence-electron chi connectivity index (χ0n) is 35.7. The number of hydrogen-bond donors (Lipinski definition) is 2. The first-order valence-electron chi connectivity index (χ1n) is 21.7. The number of hydrogen-bond acceptors (Lipinski definition) is 12. The normalized spacial score (nSPS) is 23.5. The number of aryl methyl sites for hydroxylation is 2. The van der Waals surface area contributed by atoms with E-state index in [1.165, 1.54) is 41.0 Å². The summed E-state index contributed by atoms with van der Waals surface area (Å²) < 4.78 is 18.4. The van der Waals surface area contributed by atoms with Crippen molar-refractivity contribution in [2.75, 3.05) is 6.54 Å². The Balaban J connectivity index is 0.000000203. The molecule has 3 amide bonds. The molecule has 0 aromatic carbocycles. The Morgan fingerprint density at radius 3 is 1.60 bits per heavy atom. The molecule has 0 bridgehead atoms. The lowest BCUT2D eigenvalue weighted by atomic mass is 9.85. The van der Waals surface area contributed by atoms with Crippen LogP contribution < -0.4 is 20.9 Å². The lowest BCUT2D eigenvalue weighted by molar-refractivity contribution is -0.119. The largest absolute Gasteiger partial charge is 0.474 e. The van der Waals surface area contributed by atoms with E-state index < -0.39 is 5.60 Å². The molecule has 60 heavy (non-hydrogen) atoms. The fraction of sp³-hybridized carbons (Fsp3) is 0.659. The third kappa shape index (κ3) is 10.6. The Morgan fingerprint density at radius 2 is 1.18 bits per heavy atom. The molecule has 0 saturated heterocycles. The molecule has 0 radical (unpaired) electrons. The fourth-order valence-electron chi connectivity index (χ4n) is 9.75. The Kier molecular flexibility index (Phi) is 15.2. The van der Waals surface area contributed by atoms with Crippen LogP contribution in [-0.2, 0) is 27.2 Å². The van der Waals surface area contributed by atoms with Crippen LogP contribution in [0.25, 0.3) is 20.4 Å². The van der Waals surface area contributed by atoms with Crippen molar-refractivity contribution in [2.45, 2.75) is 173 Å². The molecule has 328 valence electrons. The lowest BCUT2D eigenvalue weighted by Crippen LogP contribution is -2.45. The van der Waals surface area contributed by atoms with E-state index in [0.717, 1.165) is 96.1 Å². The minimum Gasteiger partial charge on any atom is -0.474 e. The maximum absolute atomic E-state index is 12.6. The van der Waals surface area contributed by atoms with Gasteiger partial charge in [0, 0.05) is 35.2 Å². The molecule has 4 aliphatic carbocycles. The van der Waals surface area contributed by atoms with Crippen LogP contribution in [0, 0.1) is 5.92 Å². The van der Waals surface area contributed by atoms with Crippen LogP contribution in [0.4, 0.5) is 4.79 Å². The Bertz CT molecular complexity index is 2120. The van der Waals surface area contributed by atoms with Crippen LogP contribution >= 0.6 is 35.1 Å². The monoisotopic (exact) mass is 883 g/mol. The van der Waals surface area contributed by atoms with Gasteiger partial charge in [0.25, 0.3) is 0 Å². The maximum atomic E-state index is 12.6. The first-order valence-corrected chi connectivity index (χ1v) is 23.4. The molecular weight excluding hydrogens is 822 g/mol. The number of halogens is 1. The number of nitrogens with zero attached hydrogens (tertiary/aromatic N) is 5. The minimum atomic E-state index is -0.504. The summed E-state index contributed by atoms with van der Waals surface area (Å²) in [6.07, 6.45) is 18.5. The van der Waals surface area contributed by atoms with E-state index in [0.29, 0.717) is 31.1 Å². The van der Waals surface area contributed by atoms with Crippen molar-refractivity contribution >= 4 is 73.4 Å². The molecular formula is C44H62ClN7O6S2. The lowest BCUT2D eigenvalue weighted by Gasteiger charge is -2.37. The van der Waals surface area contributed by atoms with Gasteiger partial charge in [-0.05, 0) is 134 Å². The van der Waals surface area contributed by atoms with Crippen molar-refractivity contribution in [3.05, 3.63) is 33.5 Å². The van der Waals surface area contributed by atoms with Crippen LogP contribution in [0.1, 0.15) is 157 Å². The molecule has 2 saturated carbocycles. The number of aromatic nitrogens is 4. The standard InChI is InChI=1S/C24H34N4O4S.C20H27N3O2S.ClH/c1-5-28(23(30)32-24(2,3)4)15-7-9-16(10-8-15)31-21-20-19-14(12-18(25)29)6-11-17(19)33-22(20)27-13-26-21;1-2-3-12-4-7-14(8-5-12)25-19-18-17-13(10-16(21)24)6-9-15(17)26-20(18)23-11-22-19;/h13-16H,5-12H2,1-4H3,(H2,25,29);11-14H,2-10H2,1H3,(H2,21,24);1H/t14-,15?,16?;12?,13-,14?;/m11./s1. The molecule has 4 aromatic heterocycles. The number of ether oxygens (including phenoxy) is 3. The summed E-state index contributed by atoms with van der Waals surface area (Å²) >= 11 is 3.38. The minimum absolute atomic E-state index is 0. The van der Waals surface area contributed by atoms with Gasteiger partial charge in [-0.25, -0.2) is 24.7 Å². The molecule has 0 unspecified atom stereocenters. The maximum Gasteiger partial charge on any atom is 0.410 e. The summed E-state index contributed by atoms with van der Waals surface area (Å²) in [5.74, 6) is 1.95. The van der Waals surface area contributed by atoms with Crippen molar-refractivity contribution in [2.24, 2.45) is 17.4 Å². The van der Waals surface area contributed by atoms with E-state index in [-0.39, 0.29) is 60.4 Å². The molecule has 0 aliphatic heterocycles. The molecule has 8 rings (SSSR count). The van der Waals surface area contributed by atoms with E-state index in [4.69, 9.17) is 25.7 Å². The summed E-state index contributed by atoms with van der Waals surface area (Å²) in [5, 5.41) is 1.99. The van der Waals surface area contributed by atoms with Gasteiger partial charge in [0.1, 0.15) is 40.1 Å². The van der Waals surface area contributed by atoms with Crippen LogP contribution in [0.3, 0.4) is 0 Å². The van der Waals surface area contributed by atoms with Gasteiger partial charge in [0.05, 0.1) is 10.8 Å². The van der Waals surface area contributed by atoms with Crippen LogP contribution in [0.2, 0.25) is 0 Å². The van der Waals surface area contributed by atoms with Gasteiger partial charge in [-0.3, -0.25) is 9.59 Å². The van der Waals surface area contributed by atoms with Gasteiger partial charge in [-0.1, -0.05) is 19.8 Å². The van der Waals surface area contributed by atoms with Gasteiger partial charge in [0.15, 0.2) is 0 Å². The topological polar surface area (TPSA) is 186 Å². The predicted octanol–water partition coefficient (Wildman–Crippen LogP) is 9.30. The molecule has 2 atom stereocenters. The summed E-state index contributed by atoms with van der Waals surface area (Å²) in [4.78, 5) is 59.9. The molecule has 13 nitrogen and oxygen atoms in total. The summed E-state index contributed by atoms with van der Waals surface area (Å²) in [5.41, 5.74) is 12.8. The van der Waals surface area contributed by atoms with Crippen LogP contribution in [0.5, 0.6) is 11.8 Å². The predicted molar refractivity (Wildman–Crippen MR) is 238 cm³/mol. The zero-order valence-corrected chi connectivity index (χ0v) is 38.2. The highest BCUT2D eigenvalue weighted by molar-refractivity contribution is 7.19. The van der Waals surface area contributed by atoms with Crippen molar-refractivity contribution in [1.82, 2.24) is 24.8 Å². The summed E-state index contributed by atoms with van der Waals surface area (Å²) in [6, 6.07) is 0.153. The molecule has 4 heterocycles. The molecule has 4 aromatic rings. The Morgan fingerprint density at radius 1 is 0.717 bits per heavy atom. The quantitative estimate of drug-likeness (QED) is 0.139. The van der Waals surface area contributed by atoms with Crippen LogP contribution in [-0.4, -0.2) is 73.1 Å². The van der Waals surface area contributed by atoms with E-state index in [1.807, 2.05) is 32.6 Å². The van der Waals surface area contributed by atoms with Gasteiger partial charge in [0.2, 0.25) is 23.6 Å². The smallest absolute Gasteiger partial charge is 0.410 e. The van der Waals surface area contributed by atoms with Crippen molar-refractivity contribution in [3.63, 3.8) is 0 Å². The Hall–Kier alpha value is -3.82. The number of carbonyl (C=O) groups excluding carboxylic acids is 3. The molecule has 4 aliphatic rings. The van der Waals surface area contributed by atoms with Crippen molar-refractivity contribution < 1.29 is 28.6 Å². The number of carbonyl (C=O) groups is 3. The van der Waals surface area contributed by atoms with E-state index in [9.17, 15) is 14.4 Å². The number of thiophene rings is 2. The number of fused-ring (bicyclic) bond motifs is 6. The first-order chi connectivity index (χ1) is 28.3. The average molecular weight is 885 g/mol. The van der Waals surface area contributed by atoms with Gasteiger partial charge in [-0.2, -0.15) is 0 Å². The van der Waals surface area contributed by atoms with Gasteiger partial charge < -0.3 is 30.6 Å². The summed E-state index contributed by atoms with van der Waals surface area (Å²) in [6.45, 7) is 10.5. The van der Waals surface area contributed by atoms with E-state index >= 15 is 0 Å². The van der Waals surface area contributed by atoms with E-state index in [2.05, 4.69) is 26.9 Å². The van der Waals surface area contributed by atoms with Gasteiger partial charge >= 0.3 is 6.09 Å². The van der Waals surface area contributed by atoms with Crippen LogP contribution in [0.15, 0.2) is 12.7 Å². The Labute approximate surface area is 367 Å². The number of rotatable bonds is 12. The third-order valence-electron chi connectivity index (χ3n) is 12.4. The number of amides is 3. The second-order valence-electron chi connectivity index (χ2n) is 17.8. The first kappa shape index (κ1) is 45.7. The SMILES string of the molecule is CCCC1CCC(Oc2ncnc3sc4c(c23)[C@@H](CC(N)=O)CC4)CC1.CCN(C(=O)OC(C)(C)C)C1CCC(Oc2ncnc3sc4c(c23)[C@@H](CC(N)=O)CC4)CC1.Cl. The van der Waals surface area contributed by atoms with E-state index in [1.54, 1.807) is 35.3 Å². The van der Waals surface area contributed by atoms with Crippen molar-refractivity contribution in [1.29, 1.82) is 0 Å². The number of nitrogens with two attached hydrogens (primary N) is 2. The third-order valence-corrected chi connectivity index (χ3v) is 14.7. The molecule has 16 heteroatoms. The zero-order chi connectivity index (χ0) is 41.8. The van der Waals surface area contributed by atoms with Crippen molar-refractivity contribution in [3.8, 4) is 11.8 Å². The average Bonchev–Trinajstić information content (AvgIpc) is 3.95. The van der Waals surface area contributed by atoms with Gasteiger partial charge in [-0.15, -0.1) is 35.1 Å². The number of primary amides is 2. The molecule has 0 spiro atoms. The molecule has 2 fully saturated rings. The second-order valence-corrected chi connectivity index (χ2v) is 19.9. The fourth-order valence-corrected chi connectivity index (χ4v) is 12.2.